The van der Waals surface area contributed by atoms with E-state index < -0.39 is 0 Å². The molecule has 2 aromatic carbocycles. The molecule has 3 aromatic rings. The van der Waals surface area contributed by atoms with Crippen molar-refractivity contribution in [1.29, 1.82) is 0 Å². The molecule has 172 valence electrons. The fourth-order valence-corrected chi connectivity index (χ4v) is 4.42. The third kappa shape index (κ3) is 5.74. The summed E-state index contributed by atoms with van der Waals surface area (Å²) < 4.78 is 10.6. The number of rotatable bonds is 8. The maximum atomic E-state index is 12.7. The number of aromatic amines is 1. The van der Waals surface area contributed by atoms with Gasteiger partial charge in [-0.2, -0.15) is 0 Å². The van der Waals surface area contributed by atoms with Crippen molar-refractivity contribution < 1.29 is 14.3 Å². The van der Waals surface area contributed by atoms with Crippen LogP contribution in [0.15, 0.2) is 58.5 Å². The minimum atomic E-state index is -0.173. The highest BCUT2D eigenvalue weighted by molar-refractivity contribution is 7.99. The van der Waals surface area contributed by atoms with Gasteiger partial charge in [-0.25, -0.2) is 4.98 Å². The van der Waals surface area contributed by atoms with E-state index in [-0.39, 0.29) is 17.2 Å². The van der Waals surface area contributed by atoms with Crippen molar-refractivity contribution in [3.05, 3.63) is 75.7 Å². The van der Waals surface area contributed by atoms with Gasteiger partial charge in [0.15, 0.2) is 5.16 Å². The Labute approximate surface area is 196 Å². The first-order valence-electron chi connectivity index (χ1n) is 10.6. The van der Waals surface area contributed by atoms with Gasteiger partial charge < -0.3 is 19.8 Å². The zero-order valence-electron chi connectivity index (χ0n) is 18.6. The zero-order valence-corrected chi connectivity index (χ0v) is 19.4. The zero-order chi connectivity index (χ0) is 23.2. The number of ether oxygens (including phenoxy) is 2. The molecule has 2 heterocycles. The van der Waals surface area contributed by atoms with Gasteiger partial charge in [0.2, 0.25) is 5.91 Å². The van der Waals surface area contributed by atoms with Gasteiger partial charge in [0.25, 0.3) is 5.56 Å². The number of fused-ring (bicyclic) bond motifs is 1. The maximum Gasteiger partial charge on any atom is 0.256 e. The number of aromatic nitrogens is 2. The van der Waals surface area contributed by atoms with E-state index in [1.807, 2.05) is 24.3 Å². The van der Waals surface area contributed by atoms with Crippen LogP contribution in [0.4, 0.5) is 5.69 Å². The number of para-hydroxylation sites is 1. The summed E-state index contributed by atoms with van der Waals surface area (Å²) in [5.41, 5.74) is 3.10. The number of methoxy groups -OCH3 is 2. The van der Waals surface area contributed by atoms with Crippen LogP contribution in [0.2, 0.25) is 0 Å². The quantitative estimate of drug-likeness (QED) is 0.389. The molecule has 0 atom stereocenters. The molecule has 33 heavy (non-hydrogen) atoms. The lowest BCUT2D eigenvalue weighted by molar-refractivity contribution is -0.113. The van der Waals surface area contributed by atoms with Gasteiger partial charge in [-0.15, -0.1) is 0 Å². The minimum absolute atomic E-state index is 0.147. The van der Waals surface area contributed by atoms with E-state index in [9.17, 15) is 9.59 Å². The molecule has 0 unspecified atom stereocenters. The molecule has 2 N–H and O–H groups in total. The average Bonchev–Trinajstić information content (AvgIpc) is 2.84. The largest absolute Gasteiger partial charge is 0.497 e. The van der Waals surface area contributed by atoms with E-state index in [4.69, 9.17) is 9.47 Å². The number of thioether (sulfide) groups is 1. The molecule has 0 fully saturated rings. The number of nitrogens with zero attached hydrogens (tertiary/aromatic N) is 2. The van der Waals surface area contributed by atoms with E-state index in [0.29, 0.717) is 35.9 Å². The van der Waals surface area contributed by atoms with Crippen molar-refractivity contribution >= 4 is 23.4 Å². The van der Waals surface area contributed by atoms with Gasteiger partial charge in [-0.05, 0) is 30.3 Å². The molecule has 0 saturated heterocycles. The number of nitrogens with one attached hydrogen (secondary N) is 2. The Morgan fingerprint density at radius 1 is 1.15 bits per heavy atom. The van der Waals surface area contributed by atoms with Crippen molar-refractivity contribution in [3.63, 3.8) is 0 Å². The number of benzene rings is 2. The SMILES string of the molecule is COc1ccc(NC(=O)CSc2nc3c(c(=O)[nH]2)CN(Cc2ccccc2OC)CC3)cc1. The molecule has 4 rings (SSSR count). The molecule has 1 aliphatic heterocycles. The highest BCUT2D eigenvalue weighted by Crippen LogP contribution is 2.23. The molecule has 1 amide bonds. The first-order valence-corrected chi connectivity index (χ1v) is 11.6. The molecule has 8 nitrogen and oxygen atoms in total. The predicted molar refractivity (Wildman–Crippen MR) is 128 cm³/mol. The van der Waals surface area contributed by atoms with Gasteiger partial charge >= 0.3 is 0 Å². The Hall–Kier alpha value is -3.30. The molecular formula is C24H26N4O4S. The Morgan fingerprint density at radius 3 is 2.70 bits per heavy atom. The third-order valence-electron chi connectivity index (χ3n) is 5.43. The normalized spacial score (nSPS) is 13.3. The monoisotopic (exact) mass is 466 g/mol. The van der Waals surface area contributed by atoms with E-state index in [0.717, 1.165) is 29.3 Å². The first kappa shape index (κ1) is 22.9. The van der Waals surface area contributed by atoms with Crippen molar-refractivity contribution in [2.75, 3.05) is 31.8 Å². The van der Waals surface area contributed by atoms with Crippen LogP contribution in [0.5, 0.6) is 11.5 Å². The number of anilines is 1. The third-order valence-corrected chi connectivity index (χ3v) is 6.30. The lowest BCUT2D eigenvalue weighted by atomic mass is 10.1. The molecule has 0 radical (unpaired) electrons. The number of H-pyrrole nitrogens is 1. The van der Waals surface area contributed by atoms with Crippen LogP contribution in [-0.4, -0.2) is 47.3 Å². The van der Waals surface area contributed by atoms with E-state index in [1.54, 1.807) is 38.5 Å². The van der Waals surface area contributed by atoms with E-state index in [1.165, 1.54) is 11.8 Å². The van der Waals surface area contributed by atoms with Crippen LogP contribution in [0, 0.1) is 0 Å². The summed E-state index contributed by atoms with van der Waals surface area (Å²) in [4.78, 5) is 34.7. The van der Waals surface area contributed by atoms with Gasteiger partial charge in [-0.1, -0.05) is 30.0 Å². The van der Waals surface area contributed by atoms with Gasteiger partial charge in [0.1, 0.15) is 11.5 Å². The molecule has 1 aliphatic rings. The molecule has 1 aromatic heterocycles. The van der Waals surface area contributed by atoms with Crippen molar-refractivity contribution in [1.82, 2.24) is 14.9 Å². The molecule has 0 bridgehead atoms. The summed E-state index contributed by atoms with van der Waals surface area (Å²) in [6.07, 6.45) is 0.681. The summed E-state index contributed by atoms with van der Waals surface area (Å²) >= 11 is 1.22. The lowest BCUT2D eigenvalue weighted by Crippen LogP contribution is -2.35. The maximum absolute atomic E-state index is 12.7. The van der Waals surface area contributed by atoms with Crippen LogP contribution in [0.25, 0.3) is 0 Å². The second-order valence-corrected chi connectivity index (χ2v) is 8.60. The molecule has 0 saturated carbocycles. The highest BCUT2D eigenvalue weighted by atomic mass is 32.2. The van der Waals surface area contributed by atoms with E-state index in [2.05, 4.69) is 20.2 Å². The molecule has 9 heteroatoms. The molecule has 0 spiro atoms. The minimum Gasteiger partial charge on any atom is -0.497 e. The van der Waals surface area contributed by atoms with Crippen molar-refractivity contribution in [3.8, 4) is 11.5 Å². The summed E-state index contributed by atoms with van der Waals surface area (Å²) in [5.74, 6) is 1.54. The summed E-state index contributed by atoms with van der Waals surface area (Å²) in [7, 11) is 3.25. The Balaban J connectivity index is 1.36. The number of amides is 1. The van der Waals surface area contributed by atoms with Crippen molar-refractivity contribution in [2.24, 2.45) is 0 Å². The van der Waals surface area contributed by atoms with Gasteiger partial charge in [0.05, 0.1) is 31.2 Å². The van der Waals surface area contributed by atoms with Crippen LogP contribution in [-0.2, 0) is 24.3 Å². The average molecular weight is 467 g/mol. The predicted octanol–water partition coefficient (Wildman–Crippen LogP) is 3.08. The Morgan fingerprint density at radius 2 is 1.94 bits per heavy atom. The number of hydrogen-bond donors (Lipinski definition) is 2. The topological polar surface area (TPSA) is 96.5 Å². The van der Waals surface area contributed by atoms with Gasteiger partial charge in [0, 0.05) is 37.3 Å². The lowest BCUT2D eigenvalue weighted by Gasteiger charge is -2.28. The fourth-order valence-electron chi connectivity index (χ4n) is 3.74. The van der Waals surface area contributed by atoms with E-state index >= 15 is 0 Å². The fraction of sp³-hybridized carbons (Fsp3) is 0.292. The number of hydrogen-bond acceptors (Lipinski definition) is 7. The second kappa shape index (κ2) is 10.5. The van der Waals surface area contributed by atoms with Crippen LogP contribution >= 0.6 is 11.8 Å². The summed E-state index contributed by atoms with van der Waals surface area (Å²) in [6.45, 7) is 2.02. The van der Waals surface area contributed by atoms with Gasteiger partial charge in [-0.3, -0.25) is 14.5 Å². The smallest absolute Gasteiger partial charge is 0.256 e. The van der Waals surface area contributed by atoms with Crippen LogP contribution in [0.1, 0.15) is 16.8 Å². The Kier molecular flexibility index (Phi) is 7.31. The second-order valence-electron chi connectivity index (χ2n) is 7.63. The summed E-state index contributed by atoms with van der Waals surface area (Å²) in [5, 5.41) is 3.29. The van der Waals surface area contributed by atoms with Crippen LogP contribution < -0.4 is 20.3 Å². The molecule has 0 aliphatic carbocycles. The number of carbonyl (C=O) groups is 1. The van der Waals surface area contributed by atoms with Crippen LogP contribution in [0.3, 0.4) is 0 Å². The van der Waals surface area contributed by atoms with Crippen molar-refractivity contribution in [2.45, 2.75) is 24.7 Å². The molecular weight excluding hydrogens is 440 g/mol. The summed E-state index contributed by atoms with van der Waals surface area (Å²) in [6, 6.07) is 15.0. The Bertz CT molecular complexity index is 1180. The first-order chi connectivity index (χ1) is 16.1. The highest BCUT2D eigenvalue weighted by Gasteiger charge is 2.22. The number of carbonyl (C=O) groups excluding carboxylic acids is 1. The standard InChI is InChI=1S/C24H26N4O4S/c1-31-18-9-7-17(8-10-18)25-22(29)15-33-24-26-20-11-12-28(14-19(20)23(30)27-24)13-16-5-3-4-6-21(16)32-2/h3-10H,11-15H2,1-2H3,(H,25,29)(H,26,27,30).